The second-order valence-electron chi connectivity index (χ2n) is 8.21. The SMILES string of the molecule is [B]C1(C)CCCC(C)CCCC(C)(C(C)C)CCC1. The maximum Gasteiger partial charge on any atom is 0.0742 e. The molecule has 0 nitrogen and oxygen atoms in total. The van der Waals surface area contributed by atoms with E-state index >= 15 is 0 Å². The molecule has 0 aromatic carbocycles. The summed E-state index contributed by atoms with van der Waals surface area (Å²) in [6, 6.07) is 0. The van der Waals surface area contributed by atoms with Crippen molar-refractivity contribution in [2.75, 3.05) is 0 Å². The van der Waals surface area contributed by atoms with Crippen LogP contribution in [0.25, 0.3) is 0 Å². The van der Waals surface area contributed by atoms with E-state index in [9.17, 15) is 0 Å². The predicted molar refractivity (Wildman–Crippen MR) is 87.8 cm³/mol. The molecule has 1 aliphatic carbocycles. The van der Waals surface area contributed by atoms with E-state index in [1.807, 2.05) is 0 Å². The Labute approximate surface area is 123 Å². The summed E-state index contributed by atoms with van der Waals surface area (Å²) in [5.74, 6) is 1.67. The molecular weight excluding hydrogens is 227 g/mol. The summed E-state index contributed by atoms with van der Waals surface area (Å²) in [4.78, 5) is 0. The van der Waals surface area contributed by atoms with E-state index in [0.29, 0.717) is 5.41 Å². The molecule has 1 aliphatic rings. The van der Waals surface area contributed by atoms with Gasteiger partial charge < -0.3 is 0 Å². The fourth-order valence-electron chi connectivity index (χ4n) is 3.58. The van der Waals surface area contributed by atoms with E-state index in [0.717, 1.165) is 11.8 Å². The molecular formula is C18H35B. The van der Waals surface area contributed by atoms with Gasteiger partial charge in [-0.3, -0.25) is 0 Å². The van der Waals surface area contributed by atoms with Crippen LogP contribution in [0, 0.1) is 17.3 Å². The first-order valence-corrected chi connectivity index (χ1v) is 8.54. The van der Waals surface area contributed by atoms with Crippen LogP contribution in [-0.2, 0) is 0 Å². The lowest BCUT2D eigenvalue weighted by Crippen LogP contribution is -2.24. The zero-order chi connectivity index (χ0) is 14.5. The van der Waals surface area contributed by atoms with Crippen LogP contribution in [-0.4, -0.2) is 7.85 Å². The van der Waals surface area contributed by atoms with Gasteiger partial charge in [-0.2, -0.15) is 0 Å². The molecule has 0 aromatic rings. The number of hydrogen-bond donors (Lipinski definition) is 0. The highest BCUT2D eigenvalue weighted by atomic mass is 14.3. The Bertz CT molecular complexity index is 256. The Balaban J connectivity index is 2.66. The first-order valence-electron chi connectivity index (χ1n) is 8.54. The van der Waals surface area contributed by atoms with Gasteiger partial charge in [0.2, 0.25) is 0 Å². The summed E-state index contributed by atoms with van der Waals surface area (Å²) in [6.45, 7) is 12.0. The summed E-state index contributed by atoms with van der Waals surface area (Å²) >= 11 is 0. The fourth-order valence-corrected chi connectivity index (χ4v) is 3.58. The molecule has 0 spiro atoms. The van der Waals surface area contributed by atoms with Crippen LogP contribution in [0.3, 0.4) is 0 Å². The quantitative estimate of drug-likeness (QED) is 0.497. The third-order valence-corrected chi connectivity index (χ3v) is 5.78. The van der Waals surface area contributed by atoms with Gasteiger partial charge in [-0.1, -0.05) is 84.9 Å². The molecule has 19 heavy (non-hydrogen) atoms. The molecule has 0 N–H and O–H groups in total. The normalized spacial score (nSPS) is 39.6. The van der Waals surface area contributed by atoms with Crippen LogP contribution < -0.4 is 0 Å². The van der Waals surface area contributed by atoms with Crippen LogP contribution in [0.4, 0.5) is 0 Å². The highest BCUT2D eigenvalue weighted by molar-refractivity contribution is 6.14. The highest BCUT2D eigenvalue weighted by Crippen LogP contribution is 2.42. The Morgan fingerprint density at radius 3 is 1.95 bits per heavy atom. The molecule has 0 aromatic heterocycles. The molecule has 0 bridgehead atoms. The van der Waals surface area contributed by atoms with Crippen LogP contribution >= 0.6 is 0 Å². The Morgan fingerprint density at radius 1 is 0.895 bits per heavy atom. The van der Waals surface area contributed by atoms with Crippen LogP contribution in [0.2, 0.25) is 5.31 Å². The maximum atomic E-state index is 6.47. The summed E-state index contributed by atoms with van der Waals surface area (Å²) < 4.78 is 0. The predicted octanol–water partition coefficient (Wildman–Crippen LogP) is 6.16. The Hall–Kier alpha value is 0.0649. The van der Waals surface area contributed by atoms with Crippen molar-refractivity contribution in [3.05, 3.63) is 0 Å². The topological polar surface area (TPSA) is 0 Å². The third-order valence-electron chi connectivity index (χ3n) is 5.78. The lowest BCUT2D eigenvalue weighted by atomic mass is 9.62. The van der Waals surface area contributed by atoms with E-state index in [2.05, 4.69) is 34.6 Å². The van der Waals surface area contributed by atoms with Gasteiger partial charge in [-0.25, -0.2) is 0 Å². The minimum atomic E-state index is 0.0663. The second kappa shape index (κ2) is 7.18. The minimum Gasteiger partial charge on any atom is -0.0688 e. The van der Waals surface area contributed by atoms with Crippen molar-refractivity contribution in [2.24, 2.45) is 17.3 Å². The zero-order valence-corrected chi connectivity index (χ0v) is 14.1. The smallest absolute Gasteiger partial charge is 0.0688 e. The molecule has 2 radical (unpaired) electrons. The molecule has 110 valence electrons. The van der Waals surface area contributed by atoms with Gasteiger partial charge in [0, 0.05) is 0 Å². The molecule has 0 amide bonds. The summed E-state index contributed by atoms with van der Waals surface area (Å²) in [5.41, 5.74) is 0.523. The fraction of sp³-hybridized carbons (Fsp3) is 1.00. The average molecular weight is 262 g/mol. The van der Waals surface area contributed by atoms with Gasteiger partial charge in [0.25, 0.3) is 0 Å². The highest BCUT2D eigenvalue weighted by Gasteiger charge is 2.29. The van der Waals surface area contributed by atoms with Crippen molar-refractivity contribution < 1.29 is 0 Å². The van der Waals surface area contributed by atoms with Crippen LogP contribution in [0.15, 0.2) is 0 Å². The van der Waals surface area contributed by atoms with Gasteiger partial charge >= 0.3 is 0 Å². The van der Waals surface area contributed by atoms with E-state index in [1.165, 1.54) is 57.8 Å². The van der Waals surface area contributed by atoms with E-state index in [4.69, 9.17) is 7.85 Å². The number of rotatable bonds is 1. The van der Waals surface area contributed by atoms with Crippen LogP contribution in [0.5, 0.6) is 0 Å². The molecule has 1 heteroatoms. The first kappa shape index (κ1) is 17.1. The summed E-state index contributed by atoms with van der Waals surface area (Å²) in [7, 11) is 6.47. The van der Waals surface area contributed by atoms with E-state index in [-0.39, 0.29) is 5.31 Å². The van der Waals surface area contributed by atoms with Crippen LogP contribution in [0.1, 0.15) is 92.4 Å². The van der Waals surface area contributed by atoms with Gasteiger partial charge in [0.05, 0.1) is 7.85 Å². The maximum absolute atomic E-state index is 6.47. The van der Waals surface area contributed by atoms with Gasteiger partial charge in [-0.05, 0) is 30.1 Å². The Morgan fingerprint density at radius 2 is 1.37 bits per heavy atom. The Kier molecular flexibility index (Phi) is 6.47. The van der Waals surface area contributed by atoms with Crippen molar-refractivity contribution in [1.29, 1.82) is 0 Å². The van der Waals surface area contributed by atoms with Crippen molar-refractivity contribution in [3.8, 4) is 0 Å². The summed E-state index contributed by atoms with van der Waals surface area (Å²) in [6.07, 6.45) is 12.0. The largest absolute Gasteiger partial charge is 0.0742 e. The van der Waals surface area contributed by atoms with Crippen molar-refractivity contribution in [1.82, 2.24) is 0 Å². The van der Waals surface area contributed by atoms with Gasteiger partial charge in [0.1, 0.15) is 0 Å². The molecule has 3 atom stereocenters. The lowest BCUT2D eigenvalue weighted by molar-refractivity contribution is 0.161. The van der Waals surface area contributed by atoms with Crippen molar-refractivity contribution in [2.45, 2.75) is 97.7 Å². The molecule has 0 saturated heterocycles. The van der Waals surface area contributed by atoms with Crippen molar-refractivity contribution in [3.63, 3.8) is 0 Å². The van der Waals surface area contributed by atoms with Gasteiger partial charge in [0.15, 0.2) is 0 Å². The molecule has 1 saturated carbocycles. The third kappa shape index (κ3) is 5.92. The van der Waals surface area contributed by atoms with E-state index < -0.39 is 0 Å². The van der Waals surface area contributed by atoms with Gasteiger partial charge in [-0.15, -0.1) is 0 Å². The standard InChI is InChI=1S/C18H35B/c1-15(2)17(4)11-6-9-16(3)10-7-13-18(5,19)14-8-12-17/h15-16H,6-14H2,1-5H3. The first-order chi connectivity index (χ1) is 8.75. The lowest BCUT2D eigenvalue weighted by Gasteiger charge is -2.36. The number of hydrogen-bond acceptors (Lipinski definition) is 0. The van der Waals surface area contributed by atoms with E-state index in [1.54, 1.807) is 0 Å². The van der Waals surface area contributed by atoms with Crippen molar-refractivity contribution >= 4 is 7.85 Å². The monoisotopic (exact) mass is 262 g/mol. The molecule has 1 fully saturated rings. The minimum absolute atomic E-state index is 0.0663. The second-order valence-corrected chi connectivity index (χ2v) is 8.21. The molecule has 0 aliphatic heterocycles. The average Bonchev–Trinajstić information content (AvgIpc) is 2.26. The molecule has 1 rings (SSSR count). The zero-order valence-electron chi connectivity index (χ0n) is 14.1. The summed E-state index contributed by atoms with van der Waals surface area (Å²) in [5, 5.41) is 0.0663. The molecule has 0 heterocycles. The molecule has 3 unspecified atom stereocenters.